The van der Waals surface area contributed by atoms with Crippen LogP contribution in [-0.4, -0.2) is 41.0 Å². The first-order chi connectivity index (χ1) is 15.0. The summed E-state index contributed by atoms with van der Waals surface area (Å²) in [6, 6.07) is 5.98. The first-order valence-corrected chi connectivity index (χ1v) is 12.4. The minimum Gasteiger partial charge on any atom is -0.347 e. The average molecular weight is 445 g/mol. The Hall–Kier alpha value is -2.75. The van der Waals surface area contributed by atoms with Gasteiger partial charge in [-0.05, 0) is 31.4 Å². The van der Waals surface area contributed by atoms with Crippen LogP contribution in [-0.2, 0) is 34.3 Å². The smallest absolute Gasteiger partial charge is 0.263 e. The van der Waals surface area contributed by atoms with Crippen molar-refractivity contribution in [3.05, 3.63) is 41.5 Å². The number of sulfonamides is 1. The number of hydrogen-bond donors (Lipinski definition) is 2. The standard InChI is InChI=1S/C21H28N6O3S/c1-2-3-10-16(23-20-15-9-6-7-11-17(15)31(29,30)26-20)21(28)22-14-19-25-24-18-12-5-4-8-13-27(18)19/h6-7,9,11,16H,2-5,8,10,12-14H2,1H3,(H,22,28)(H,23,26). The normalized spacial score (nSPS) is 19.2. The summed E-state index contributed by atoms with van der Waals surface area (Å²) < 4.78 is 29.3. The second-order valence-corrected chi connectivity index (χ2v) is 9.60. The van der Waals surface area contributed by atoms with E-state index in [0.717, 1.165) is 50.3 Å². The number of nitrogens with zero attached hydrogens (tertiary/aromatic N) is 4. The third kappa shape index (κ3) is 4.63. The molecular weight excluding hydrogens is 416 g/mol. The Balaban J connectivity index is 1.52. The van der Waals surface area contributed by atoms with Gasteiger partial charge in [-0.15, -0.1) is 10.2 Å². The van der Waals surface area contributed by atoms with E-state index >= 15 is 0 Å². The van der Waals surface area contributed by atoms with Crippen molar-refractivity contribution in [2.45, 2.75) is 75.9 Å². The molecule has 2 N–H and O–H groups in total. The predicted molar refractivity (Wildman–Crippen MR) is 116 cm³/mol. The monoisotopic (exact) mass is 444 g/mol. The third-order valence-corrected chi connectivity index (χ3v) is 7.09. The van der Waals surface area contributed by atoms with Gasteiger partial charge in [-0.3, -0.25) is 14.5 Å². The number of unbranched alkanes of at least 4 members (excludes halogenated alkanes) is 1. The van der Waals surface area contributed by atoms with Crippen LogP contribution >= 0.6 is 0 Å². The number of carbonyl (C=O) groups is 1. The van der Waals surface area contributed by atoms with E-state index in [1.807, 2.05) is 6.92 Å². The van der Waals surface area contributed by atoms with E-state index in [-0.39, 0.29) is 23.2 Å². The maximum absolute atomic E-state index is 13.0. The lowest BCUT2D eigenvalue weighted by Crippen LogP contribution is -2.36. The molecule has 0 fully saturated rings. The van der Waals surface area contributed by atoms with Crippen molar-refractivity contribution in [1.29, 1.82) is 0 Å². The van der Waals surface area contributed by atoms with Crippen LogP contribution in [0.2, 0.25) is 0 Å². The topological polar surface area (TPSA) is 118 Å². The van der Waals surface area contributed by atoms with Gasteiger partial charge in [0, 0.05) is 18.5 Å². The largest absolute Gasteiger partial charge is 0.347 e. The highest BCUT2D eigenvalue weighted by molar-refractivity contribution is 7.90. The van der Waals surface area contributed by atoms with Crippen LogP contribution in [0, 0.1) is 0 Å². The molecule has 2 aliphatic heterocycles. The van der Waals surface area contributed by atoms with Gasteiger partial charge in [0.05, 0.1) is 11.4 Å². The zero-order valence-corrected chi connectivity index (χ0v) is 18.5. The first kappa shape index (κ1) is 21.5. The van der Waals surface area contributed by atoms with Gasteiger partial charge >= 0.3 is 0 Å². The second-order valence-electron chi connectivity index (χ2n) is 7.95. The molecule has 3 heterocycles. The molecule has 1 amide bonds. The van der Waals surface area contributed by atoms with Crippen LogP contribution in [0.15, 0.2) is 34.2 Å². The molecule has 166 valence electrons. The summed E-state index contributed by atoms with van der Waals surface area (Å²) in [7, 11) is -3.64. The zero-order chi connectivity index (χ0) is 21.8. The Bertz CT molecular complexity index is 1090. The molecule has 2 aliphatic rings. The van der Waals surface area contributed by atoms with Crippen LogP contribution < -0.4 is 10.0 Å². The number of rotatable bonds is 7. The molecule has 1 unspecified atom stereocenters. The molecule has 10 heteroatoms. The SMILES string of the molecule is CCCCC(N=C1NS(=O)(=O)c2ccccc21)C(=O)NCc1nnc2n1CCCCC2. The van der Waals surface area contributed by atoms with Crippen LogP contribution in [0.3, 0.4) is 0 Å². The molecule has 31 heavy (non-hydrogen) atoms. The number of benzene rings is 1. The number of hydrogen-bond acceptors (Lipinski definition) is 6. The quantitative estimate of drug-likeness (QED) is 0.676. The van der Waals surface area contributed by atoms with E-state index in [0.29, 0.717) is 12.0 Å². The van der Waals surface area contributed by atoms with E-state index in [9.17, 15) is 13.2 Å². The molecule has 0 radical (unpaired) electrons. The van der Waals surface area contributed by atoms with Gasteiger partial charge in [0.1, 0.15) is 17.7 Å². The molecule has 2 aromatic rings. The average Bonchev–Trinajstić information content (AvgIpc) is 3.15. The van der Waals surface area contributed by atoms with Crippen molar-refractivity contribution < 1.29 is 13.2 Å². The van der Waals surface area contributed by atoms with E-state index < -0.39 is 16.1 Å². The lowest BCUT2D eigenvalue weighted by molar-refractivity contribution is -0.122. The minimum absolute atomic E-state index is 0.189. The van der Waals surface area contributed by atoms with Crippen LogP contribution in [0.4, 0.5) is 0 Å². The summed E-state index contributed by atoms with van der Waals surface area (Å²) in [6.07, 6.45) is 6.53. The Kier molecular flexibility index (Phi) is 6.35. The van der Waals surface area contributed by atoms with Crippen LogP contribution in [0.1, 0.15) is 62.7 Å². The van der Waals surface area contributed by atoms with Gasteiger partial charge in [-0.2, -0.15) is 0 Å². The molecule has 0 bridgehead atoms. The van der Waals surface area contributed by atoms with Crippen molar-refractivity contribution in [3.8, 4) is 0 Å². The molecule has 0 saturated carbocycles. The fourth-order valence-electron chi connectivity index (χ4n) is 4.00. The van der Waals surface area contributed by atoms with E-state index in [1.54, 1.807) is 24.3 Å². The maximum atomic E-state index is 13.0. The Morgan fingerprint density at radius 2 is 2.10 bits per heavy atom. The summed E-state index contributed by atoms with van der Waals surface area (Å²) in [4.78, 5) is 17.7. The Morgan fingerprint density at radius 3 is 2.94 bits per heavy atom. The Morgan fingerprint density at radius 1 is 1.26 bits per heavy atom. The van der Waals surface area contributed by atoms with Gasteiger partial charge in [0.25, 0.3) is 10.0 Å². The van der Waals surface area contributed by atoms with Gasteiger partial charge in [-0.25, -0.2) is 8.42 Å². The predicted octanol–water partition coefficient (Wildman–Crippen LogP) is 1.92. The summed E-state index contributed by atoms with van der Waals surface area (Å²) in [5.41, 5.74) is 0.500. The number of amides is 1. The number of aromatic nitrogens is 3. The Labute approximate surface area is 182 Å². The highest BCUT2D eigenvalue weighted by Gasteiger charge is 2.31. The molecule has 9 nitrogen and oxygen atoms in total. The van der Waals surface area contributed by atoms with Crippen LogP contribution in [0.5, 0.6) is 0 Å². The molecular formula is C21H28N6O3S. The third-order valence-electron chi connectivity index (χ3n) is 5.69. The van der Waals surface area contributed by atoms with Gasteiger partial charge in [0.15, 0.2) is 5.82 Å². The van der Waals surface area contributed by atoms with Gasteiger partial charge < -0.3 is 9.88 Å². The lowest BCUT2D eigenvalue weighted by Gasteiger charge is -2.14. The van der Waals surface area contributed by atoms with E-state index in [2.05, 4.69) is 29.8 Å². The van der Waals surface area contributed by atoms with Crippen molar-refractivity contribution in [2.24, 2.45) is 4.99 Å². The van der Waals surface area contributed by atoms with Crippen molar-refractivity contribution in [3.63, 3.8) is 0 Å². The number of aryl methyl sites for hydroxylation is 1. The highest BCUT2D eigenvalue weighted by Crippen LogP contribution is 2.23. The summed E-state index contributed by atoms with van der Waals surface area (Å²) in [5.74, 6) is 1.71. The molecule has 0 aliphatic carbocycles. The fourth-order valence-corrected chi connectivity index (χ4v) is 5.24. The molecule has 1 atom stereocenters. The van der Waals surface area contributed by atoms with Gasteiger partial charge in [0.2, 0.25) is 5.91 Å². The van der Waals surface area contributed by atoms with E-state index in [4.69, 9.17) is 0 Å². The number of amidine groups is 1. The number of carbonyl (C=O) groups excluding carboxylic acids is 1. The summed E-state index contributed by atoms with van der Waals surface area (Å²) in [6.45, 7) is 3.19. The van der Waals surface area contributed by atoms with E-state index in [1.165, 1.54) is 6.42 Å². The minimum atomic E-state index is -3.64. The summed E-state index contributed by atoms with van der Waals surface area (Å²) in [5, 5.41) is 11.5. The number of fused-ring (bicyclic) bond motifs is 2. The fraction of sp³-hybridized carbons (Fsp3) is 0.524. The van der Waals surface area contributed by atoms with Crippen molar-refractivity contribution >= 4 is 21.8 Å². The highest BCUT2D eigenvalue weighted by atomic mass is 32.2. The lowest BCUT2D eigenvalue weighted by atomic mass is 10.1. The molecule has 0 saturated heterocycles. The molecule has 1 aromatic heterocycles. The van der Waals surface area contributed by atoms with Crippen LogP contribution in [0.25, 0.3) is 0 Å². The number of nitrogens with one attached hydrogen (secondary N) is 2. The molecule has 0 spiro atoms. The van der Waals surface area contributed by atoms with Crippen molar-refractivity contribution in [1.82, 2.24) is 24.8 Å². The first-order valence-electron chi connectivity index (χ1n) is 10.9. The zero-order valence-electron chi connectivity index (χ0n) is 17.7. The molecule has 4 rings (SSSR count). The number of aliphatic imine (C=N–C) groups is 1. The van der Waals surface area contributed by atoms with Crippen molar-refractivity contribution in [2.75, 3.05) is 0 Å². The second kappa shape index (κ2) is 9.17. The summed E-state index contributed by atoms with van der Waals surface area (Å²) >= 11 is 0. The molecule has 1 aromatic carbocycles. The van der Waals surface area contributed by atoms with Gasteiger partial charge in [-0.1, -0.05) is 38.3 Å². The maximum Gasteiger partial charge on any atom is 0.263 e.